The van der Waals surface area contributed by atoms with E-state index in [0.717, 1.165) is 34.1 Å². The Morgan fingerprint density at radius 2 is 2.10 bits per heavy atom. The predicted octanol–water partition coefficient (Wildman–Crippen LogP) is 4.87. The van der Waals surface area contributed by atoms with Crippen molar-refractivity contribution in [1.82, 2.24) is 14.8 Å². The van der Waals surface area contributed by atoms with Gasteiger partial charge < -0.3 is 14.6 Å². The number of hydrogen-bond acceptors (Lipinski definition) is 8. The molecule has 3 rings (SSSR count). The summed E-state index contributed by atoms with van der Waals surface area (Å²) < 4.78 is 6.96. The average molecular weight is 465 g/mol. The van der Waals surface area contributed by atoms with Crippen molar-refractivity contribution < 1.29 is 14.3 Å². The van der Waals surface area contributed by atoms with Crippen LogP contribution in [0.1, 0.15) is 41.1 Å². The number of methoxy groups -OCH3 is 1. The Hall–Kier alpha value is -2.17. The van der Waals surface area contributed by atoms with Crippen molar-refractivity contribution in [2.45, 2.75) is 45.3 Å². The fourth-order valence-corrected chi connectivity index (χ4v) is 5.74. The van der Waals surface area contributed by atoms with Crippen molar-refractivity contribution in [3.8, 4) is 10.7 Å². The van der Waals surface area contributed by atoms with Gasteiger partial charge in [-0.05, 0) is 36.8 Å². The van der Waals surface area contributed by atoms with Crippen molar-refractivity contribution in [2.24, 2.45) is 0 Å². The van der Waals surface area contributed by atoms with Gasteiger partial charge in [-0.15, -0.1) is 32.9 Å². The summed E-state index contributed by atoms with van der Waals surface area (Å²) in [7, 11) is 1.35. The molecule has 0 unspecified atom stereocenters. The molecule has 0 saturated heterocycles. The van der Waals surface area contributed by atoms with Gasteiger partial charge in [-0.2, -0.15) is 0 Å². The number of hydrogen-bond donors (Lipinski definition) is 1. The minimum absolute atomic E-state index is 0.172. The molecule has 1 N–H and O–H groups in total. The first kappa shape index (κ1) is 22.5. The number of carbonyl (C=O) groups excluding carboxylic acids is 2. The smallest absolute Gasteiger partial charge is 0.341 e. The van der Waals surface area contributed by atoms with Crippen molar-refractivity contribution in [3.05, 3.63) is 33.5 Å². The van der Waals surface area contributed by atoms with Crippen LogP contribution in [0, 0.1) is 6.92 Å². The summed E-state index contributed by atoms with van der Waals surface area (Å²) in [5.74, 6) is 0.370. The zero-order chi connectivity index (χ0) is 21.7. The Morgan fingerprint density at radius 3 is 2.73 bits per heavy atom. The fourth-order valence-electron chi connectivity index (χ4n) is 3.11. The van der Waals surface area contributed by atoms with E-state index >= 15 is 0 Å². The number of amides is 1. The van der Waals surface area contributed by atoms with Crippen molar-refractivity contribution in [3.63, 3.8) is 0 Å². The summed E-state index contributed by atoms with van der Waals surface area (Å²) in [5.41, 5.74) is 1.37. The zero-order valence-electron chi connectivity index (χ0n) is 17.4. The Morgan fingerprint density at radius 1 is 1.30 bits per heavy atom. The molecule has 0 radical (unpaired) electrons. The Balaban J connectivity index is 1.74. The second kappa shape index (κ2) is 10.2. The second-order valence-electron chi connectivity index (χ2n) is 6.46. The predicted molar refractivity (Wildman–Crippen MR) is 123 cm³/mol. The molecule has 0 spiro atoms. The molecule has 0 atom stereocenters. The fraction of sp³-hybridized carbons (Fsp3) is 0.400. The van der Waals surface area contributed by atoms with Gasteiger partial charge in [-0.1, -0.05) is 31.7 Å². The van der Waals surface area contributed by atoms with E-state index in [9.17, 15) is 9.59 Å². The van der Waals surface area contributed by atoms with Crippen LogP contribution < -0.4 is 5.32 Å². The lowest BCUT2D eigenvalue weighted by Gasteiger charge is -2.09. The van der Waals surface area contributed by atoms with E-state index in [1.165, 1.54) is 30.2 Å². The topological polar surface area (TPSA) is 86.1 Å². The summed E-state index contributed by atoms with van der Waals surface area (Å²) >= 11 is 4.35. The molecule has 30 heavy (non-hydrogen) atoms. The second-order valence-corrected chi connectivity index (χ2v) is 9.57. The zero-order valence-corrected chi connectivity index (χ0v) is 19.8. The van der Waals surface area contributed by atoms with Gasteiger partial charge in [0.25, 0.3) is 0 Å². The van der Waals surface area contributed by atoms with Crippen LogP contribution in [0.5, 0.6) is 0 Å². The highest BCUT2D eigenvalue weighted by molar-refractivity contribution is 7.99. The highest BCUT2D eigenvalue weighted by Crippen LogP contribution is 2.34. The molecule has 3 aromatic heterocycles. The van der Waals surface area contributed by atoms with Gasteiger partial charge in [0.05, 0.1) is 23.3 Å². The molecule has 160 valence electrons. The molecule has 3 heterocycles. The lowest BCUT2D eigenvalue weighted by Crippen LogP contribution is -2.16. The van der Waals surface area contributed by atoms with Gasteiger partial charge in [-0.25, -0.2) is 4.79 Å². The number of thiophene rings is 2. The van der Waals surface area contributed by atoms with Crippen LogP contribution in [0.4, 0.5) is 5.00 Å². The van der Waals surface area contributed by atoms with Crippen LogP contribution >= 0.6 is 34.4 Å². The number of nitrogens with zero attached hydrogens (tertiary/aromatic N) is 3. The monoisotopic (exact) mass is 464 g/mol. The van der Waals surface area contributed by atoms with Crippen molar-refractivity contribution in [2.75, 3.05) is 18.2 Å². The standard InChI is InChI=1S/C20H24N4O3S3/c1-5-9-24-17(14-8-7-10-28-14)22-23-20(24)29-11-15(25)21-18-16(19(26)27-4)13(6-2)12(3)30-18/h7-8,10H,5-6,9,11H2,1-4H3,(H,21,25). The first-order chi connectivity index (χ1) is 14.5. The van der Waals surface area contributed by atoms with E-state index in [0.29, 0.717) is 22.1 Å². The third-order valence-corrected chi connectivity index (χ3v) is 7.34. The Bertz CT molecular complexity index is 1020. The first-order valence-corrected chi connectivity index (χ1v) is 12.3. The summed E-state index contributed by atoms with van der Waals surface area (Å²) in [6.45, 7) is 6.80. The van der Waals surface area contributed by atoms with Crippen LogP contribution in [-0.2, 0) is 22.5 Å². The number of anilines is 1. The molecule has 7 nitrogen and oxygen atoms in total. The number of carbonyl (C=O) groups is 2. The SMILES string of the molecule is CCCn1c(SCC(=O)Nc2sc(C)c(CC)c2C(=O)OC)nnc1-c1cccs1. The van der Waals surface area contributed by atoms with E-state index in [2.05, 4.69) is 22.4 Å². The number of thioether (sulfide) groups is 1. The lowest BCUT2D eigenvalue weighted by molar-refractivity contribution is -0.113. The molecule has 0 saturated carbocycles. The van der Waals surface area contributed by atoms with Gasteiger partial charge in [0.2, 0.25) is 5.91 Å². The molecule has 0 bridgehead atoms. The van der Waals surface area contributed by atoms with Crippen LogP contribution in [0.2, 0.25) is 0 Å². The summed E-state index contributed by atoms with van der Waals surface area (Å²) in [5, 5.41) is 14.8. The maximum Gasteiger partial charge on any atom is 0.341 e. The lowest BCUT2D eigenvalue weighted by atomic mass is 10.1. The Kier molecular flexibility index (Phi) is 7.68. The average Bonchev–Trinajstić information content (AvgIpc) is 3.45. The summed E-state index contributed by atoms with van der Waals surface area (Å²) in [4.78, 5) is 26.9. The normalized spacial score (nSPS) is 10.9. The third kappa shape index (κ3) is 4.76. The minimum atomic E-state index is -0.428. The summed E-state index contributed by atoms with van der Waals surface area (Å²) in [6, 6.07) is 4.00. The van der Waals surface area contributed by atoms with E-state index < -0.39 is 5.97 Å². The molecule has 3 aromatic rings. The number of aryl methyl sites for hydroxylation is 1. The van der Waals surface area contributed by atoms with Gasteiger partial charge >= 0.3 is 5.97 Å². The first-order valence-electron chi connectivity index (χ1n) is 9.60. The third-order valence-electron chi connectivity index (χ3n) is 4.44. The molecule has 0 fully saturated rings. The molecule has 0 aromatic carbocycles. The van der Waals surface area contributed by atoms with E-state index in [1.807, 2.05) is 35.9 Å². The minimum Gasteiger partial charge on any atom is -0.465 e. The maximum atomic E-state index is 12.6. The number of nitrogens with one attached hydrogen (secondary N) is 1. The Labute approximate surface area is 187 Å². The summed E-state index contributed by atoms with van der Waals surface area (Å²) in [6.07, 6.45) is 1.63. The number of ether oxygens (including phenoxy) is 1. The van der Waals surface area contributed by atoms with Crippen molar-refractivity contribution >= 4 is 51.3 Å². The number of rotatable bonds is 9. The molecular weight excluding hydrogens is 440 g/mol. The van der Waals surface area contributed by atoms with Gasteiger partial charge in [0.15, 0.2) is 11.0 Å². The van der Waals surface area contributed by atoms with Gasteiger partial charge in [0, 0.05) is 11.4 Å². The number of esters is 1. The highest BCUT2D eigenvalue weighted by Gasteiger charge is 2.23. The highest BCUT2D eigenvalue weighted by atomic mass is 32.2. The molecule has 0 aliphatic rings. The quantitative estimate of drug-likeness (QED) is 0.359. The van der Waals surface area contributed by atoms with Crippen LogP contribution in [0.25, 0.3) is 10.7 Å². The molecule has 0 aliphatic carbocycles. The molecule has 10 heteroatoms. The van der Waals surface area contributed by atoms with Crippen molar-refractivity contribution in [1.29, 1.82) is 0 Å². The number of aromatic nitrogens is 3. The largest absolute Gasteiger partial charge is 0.465 e. The van der Waals surface area contributed by atoms with E-state index in [1.54, 1.807) is 11.3 Å². The maximum absolute atomic E-state index is 12.6. The van der Waals surface area contributed by atoms with Crippen LogP contribution in [0.3, 0.4) is 0 Å². The van der Waals surface area contributed by atoms with E-state index in [-0.39, 0.29) is 11.7 Å². The molecule has 1 amide bonds. The van der Waals surface area contributed by atoms with Crippen LogP contribution in [-0.4, -0.2) is 39.5 Å². The van der Waals surface area contributed by atoms with Gasteiger partial charge in [0.1, 0.15) is 5.00 Å². The van der Waals surface area contributed by atoms with Crippen LogP contribution in [0.15, 0.2) is 22.7 Å². The van der Waals surface area contributed by atoms with E-state index in [4.69, 9.17) is 4.74 Å². The molecular formula is C20H24N4O3S3. The van der Waals surface area contributed by atoms with Gasteiger partial charge in [-0.3, -0.25) is 4.79 Å². The molecule has 0 aliphatic heterocycles.